The fraction of sp³-hybridized carbons (Fsp3) is 0.421. The Hall–Kier alpha value is -1.81. The van der Waals surface area contributed by atoms with Gasteiger partial charge in [-0.15, -0.1) is 11.3 Å². The first-order chi connectivity index (χ1) is 11.2. The van der Waals surface area contributed by atoms with E-state index < -0.39 is 0 Å². The quantitative estimate of drug-likeness (QED) is 0.824. The van der Waals surface area contributed by atoms with Crippen LogP contribution in [0, 0.1) is 6.92 Å². The minimum Gasteiger partial charge on any atom is -0.493 e. The predicted molar refractivity (Wildman–Crippen MR) is 93.4 cm³/mol. The standard InChI is InChI=1S/C19H21NO2S/c1-13-11-17(23-18(13)19(21)20-8-2-3-9-20)15-7-6-14-5-4-10-22-16(14)12-15/h6-7,11-12H,2-5,8-10H2,1H3. The molecule has 0 radical (unpaired) electrons. The zero-order valence-electron chi connectivity index (χ0n) is 13.4. The lowest BCUT2D eigenvalue weighted by atomic mass is 10.0. The Morgan fingerprint density at radius 2 is 2.00 bits per heavy atom. The average molecular weight is 327 g/mol. The maximum atomic E-state index is 12.7. The first-order valence-electron chi connectivity index (χ1n) is 8.38. The molecule has 1 aromatic carbocycles. The number of fused-ring (bicyclic) bond motifs is 1. The molecule has 120 valence electrons. The van der Waals surface area contributed by atoms with Crippen LogP contribution in [0.4, 0.5) is 0 Å². The van der Waals surface area contributed by atoms with Crippen LogP contribution in [0.1, 0.15) is 40.1 Å². The van der Waals surface area contributed by atoms with Gasteiger partial charge in [0.1, 0.15) is 5.75 Å². The molecule has 0 bridgehead atoms. The maximum Gasteiger partial charge on any atom is 0.264 e. The Balaban J connectivity index is 1.65. The molecule has 1 aromatic heterocycles. The number of benzene rings is 1. The second-order valence-corrected chi connectivity index (χ2v) is 7.45. The molecule has 23 heavy (non-hydrogen) atoms. The second kappa shape index (κ2) is 6.00. The number of hydrogen-bond acceptors (Lipinski definition) is 3. The minimum atomic E-state index is 0.200. The lowest BCUT2D eigenvalue weighted by molar-refractivity contribution is 0.0797. The Morgan fingerprint density at radius 1 is 1.17 bits per heavy atom. The van der Waals surface area contributed by atoms with Crippen molar-refractivity contribution in [2.45, 2.75) is 32.6 Å². The molecule has 0 unspecified atom stereocenters. The first-order valence-corrected chi connectivity index (χ1v) is 9.20. The number of ether oxygens (including phenoxy) is 1. The number of rotatable bonds is 2. The summed E-state index contributed by atoms with van der Waals surface area (Å²) in [5.41, 5.74) is 3.53. The third-order valence-electron chi connectivity index (χ3n) is 4.70. The number of hydrogen-bond donors (Lipinski definition) is 0. The molecule has 1 fully saturated rings. The highest BCUT2D eigenvalue weighted by molar-refractivity contribution is 7.17. The van der Waals surface area contributed by atoms with Crippen LogP contribution in [0.15, 0.2) is 24.3 Å². The Morgan fingerprint density at radius 3 is 2.83 bits per heavy atom. The summed E-state index contributed by atoms with van der Waals surface area (Å²) in [4.78, 5) is 16.7. The summed E-state index contributed by atoms with van der Waals surface area (Å²) < 4.78 is 5.78. The molecule has 0 spiro atoms. The van der Waals surface area contributed by atoms with E-state index in [2.05, 4.69) is 24.3 Å². The van der Waals surface area contributed by atoms with E-state index in [1.165, 1.54) is 5.56 Å². The van der Waals surface area contributed by atoms with E-state index in [4.69, 9.17) is 4.74 Å². The molecular formula is C19H21NO2S. The Bertz CT molecular complexity index is 744. The van der Waals surface area contributed by atoms with Crippen molar-refractivity contribution in [3.63, 3.8) is 0 Å². The van der Waals surface area contributed by atoms with Crippen molar-refractivity contribution < 1.29 is 9.53 Å². The largest absolute Gasteiger partial charge is 0.493 e. The van der Waals surface area contributed by atoms with Gasteiger partial charge in [0.05, 0.1) is 11.5 Å². The average Bonchev–Trinajstić information content (AvgIpc) is 3.23. The van der Waals surface area contributed by atoms with Gasteiger partial charge in [-0.05, 0) is 61.4 Å². The van der Waals surface area contributed by atoms with Gasteiger partial charge < -0.3 is 9.64 Å². The van der Waals surface area contributed by atoms with Gasteiger partial charge in [-0.1, -0.05) is 12.1 Å². The van der Waals surface area contributed by atoms with Crippen LogP contribution in [0.3, 0.4) is 0 Å². The van der Waals surface area contributed by atoms with Gasteiger partial charge in [-0.2, -0.15) is 0 Å². The fourth-order valence-corrected chi connectivity index (χ4v) is 4.53. The van der Waals surface area contributed by atoms with Gasteiger partial charge >= 0.3 is 0 Å². The van der Waals surface area contributed by atoms with Gasteiger partial charge in [0.25, 0.3) is 5.91 Å². The molecule has 0 aliphatic carbocycles. The molecule has 3 nitrogen and oxygen atoms in total. The fourth-order valence-electron chi connectivity index (χ4n) is 3.39. The number of carbonyl (C=O) groups is 1. The number of amides is 1. The van der Waals surface area contributed by atoms with Gasteiger partial charge in [0, 0.05) is 18.0 Å². The van der Waals surface area contributed by atoms with Crippen LogP contribution in [0.25, 0.3) is 10.4 Å². The van der Waals surface area contributed by atoms with Crippen molar-refractivity contribution in [1.29, 1.82) is 0 Å². The summed E-state index contributed by atoms with van der Waals surface area (Å²) in [6.07, 6.45) is 4.45. The van der Waals surface area contributed by atoms with Crippen molar-refractivity contribution in [1.82, 2.24) is 4.90 Å². The van der Waals surface area contributed by atoms with Gasteiger partial charge in [-0.3, -0.25) is 4.79 Å². The highest BCUT2D eigenvalue weighted by atomic mass is 32.1. The molecule has 1 amide bonds. The number of carbonyl (C=O) groups excluding carboxylic acids is 1. The zero-order chi connectivity index (χ0) is 15.8. The van der Waals surface area contributed by atoms with Crippen LogP contribution in [0.2, 0.25) is 0 Å². The van der Waals surface area contributed by atoms with E-state index in [-0.39, 0.29) is 5.91 Å². The van der Waals surface area contributed by atoms with Crippen LogP contribution in [0.5, 0.6) is 5.75 Å². The SMILES string of the molecule is Cc1cc(-c2ccc3c(c2)OCCC3)sc1C(=O)N1CCCC1. The predicted octanol–water partition coefficient (Wildman–Crippen LogP) is 4.28. The lowest BCUT2D eigenvalue weighted by Gasteiger charge is -2.17. The summed E-state index contributed by atoms with van der Waals surface area (Å²) in [7, 11) is 0. The highest BCUT2D eigenvalue weighted by Gasteiger charge is 2.23. The van der Waals surface area contributed by atoms with Gasteiger partial charge in [0.15, 0.2) is 0 Å². The molecule has 2 aliphatic rings. The third-order valence-corrected chi connectivity index (χ3v) is 5.98. The Labute approximate surface area is 140 Å². The summed E-state index contributed by atoms with van der Waals surface area (Å²) in [5.74, 6) is 1.21. The summed E-state index contributed by atoms with van der Waals surface area (Å²) >= 11 is 1.61. The molecule has 0 N–H and O–H groups in total. The van der Waals surface area contributed by atoms with Crippen LogP contribution >= 0.6 is 11.3 Å². The monoisotopic (exact) mass is 327 g/mol. The van der Waals surface area contributed by atoms with Gasteiger partial charge in [-0.25, -0.2) is 0 Å². The first kappa shape index (κ1) is 14.8. The van der Waals surface area contributed by atoms with E-state index in [1.807, 2.05) is 11.8 Å². The summed E-state index contributed by atoms with van der Waals surface area (Å²) in [5, 5.41) is 0. The van der Waals surface area contributed by atoms with Crippen LogP contribution in [-0.2, 0) is 6.42 Å². The molecule has 4 heteroatoms. The second-order valence-electron chi connectivity index (χ2n) is 6.40. The van der Waals surface area contributed by atoms with Crippen molar-refractivity contribution in [3.8, 4) is 16.2 Å². The van der Waals surface area contributed by atoms with E-state index in [0.29, 0.717) is 0 Å². The van der Waals surface area contributed by atoms with Crippen LogP contribution in [-0.4, -0.2) is 30.5 Å². The third kappa shape index (κ3) is 2.76. The Kier molecular flexibility index (Phi) is 3.85. The smallest absolute Gasteiger partial charge is 0.264 e. The van der Waals surface area contributed by atoms with Crippen molar-refractivity contribution in [2.75, 3.05) is 19.7 Å². The maximum absolute atomic E-state index is 12.7. The molecule has 0 atom stereocenters. The minimum absolute atomic E-state index is 0.200. The number of aryl methyl sites for hydroxylation is 2. The number of thiophene rings is 1. The van der Waals surface area contributed by atoms with Crippen molar-refractivity contribution in [2.24, 2.45) is 0 Å². The molecule has 4 rings (SSSR count). The van der Waals surface area contributed by atoms with E-state index in [9.17, 15) is 4.79 Å². The van der Waals surface area contributed by atoms with E-state index in [0.717, 1.165) is 72.0 Å². The molecule has 3 heterocycles. The number of likely N-dealkylation sites (tertiary alicyclic amines) is 1. The molecular weight excluding hydrogens is 306 g/mol. The van der Waals surface area contributed by atoms with E-state index in [1.54, 1.807) is 11.3 Å². The molecule has 0 saturated carbocycles. The van der Waals surface area contributed by atoms with Crippen molar-refractivity contribution in [3.05, 3.63) is 40.3 Å². The summed E-state index contributed by atoms with van der Waals surface area (Å²) in [6, 6.07) is 8.59. The normalized spacial score (nSPS) is 17.0. The van der Waals surface area contributed by atoms with Crippen molar-refractivity contribution >= 4 is 17.2 Å². The molecule has 1 saturated heterocycles. The summed E-state index contributed by atoms with van der Waals surface area (Å²) in [6.45, 7) is 4.65. The molecule has 2 aromatic rings. The topological polar surface area (TPSA) is 29.5 Å². The number of nitrogens with zero attached hydrogens (tertiary/aromatic N) is 1. The lowest BCUT2D eigenvalue weighted by Crippen LogP contribution is -2.27. The molecule has 2 aliphatic heterocycles. The van der Waals surface area contributed by atoms with Gasteiger partial charge in [0.2, 0.25) is 0 Å². The zero-order valence-corrected chi connectivity index (χ0v) is 14.2. The highest BCUT2D eigenvalue weighted by Crippen LogP contribution is 2.36. The van der Waals surface area contributed by atoms with E-state index >= 15 is 0 Å². The van der Waals surface area contributed by atoms with Crippen LogP contribution < -0.4 is 4.74 Å².